The van der Waals surface area contributed by atoms with E-state index in [0.29, 0.717) is 39.1 Å². The van der Waals surface area contributed by atoms with Crippen LogP contribution in [-0.2, 0) is 21.4 Å². The van der Waals surface area contributed by atoms with Gasteiger partial charge in [-0.2, -0.15) is 0 Å². The van der Waals surface area contributed by atoms with Gasteiger partial charge in [-0.3, -0.25) is 14.6 Å². The zero-order valence-electron chi connectivity index (χ0n) is 28.4. The number of hydrogen-bond acceptors (Lipinski definition) is 9. The van der Waals surface area contributed by atoms with E-state index in [1.807, 2.05) is 41.9 Å². The fraction of sp³-hybridized carbons (Fsp3) is 0.250. The van der Waals surface area contributed by atoms with Crippen LogP contribution >= 0.6 is 46.5 Å². The lowest BCUT2D eigenvalue weighted by Gasteiger charge is -2.26. The van der Waals surface area contributed by atoms with Gasteiger partial charge in [0, 0.05) is 31.5 Å². The van der Waals surface area contributed by atoms with Crippen molar-refractivity contribution >= 4 is 98.5 Å². The lowest BCUT2D eigenvalue weighted by Crippen LogP contribution is -2.17. The summed E-state index contributed by atoms with van der Waals surface area (Å²) >= 11 is 14.2. The topological polar surface area (TPSA) is 113 Å². The van der Waals surface area contributed by atoms with Gasteiger partial charge in [0.1, 0.15) is 16.6 Å². The zero-order chi connectivity index (χ0) is 36.3. The number of aromatic nitrogens is 1. The van der Waals surface area contributed by atoms with E-state index < -0.39 is 0 Å². The molecule has 0 radical (unpaired) electrons. The van der Waals surface area contributed by atoms with E-state index in [-0.39, 0.29) is 22.4 Å². The number of nitrogens with zero attached hydrogens (tertiary/aromatic N) is 3. The Morgan fingerprint density at radius 1 is 1.12 bits per heavy atom. The first kappa shape index (κ1) is 39.3. The van der Waals surface area contributed by atoms with Crippen molar-refractivity contribution in [3.63, 3.8) is 0 Å². The van der Waals surface area contributed by atoms with Crippen molar-refractivity contribution in [1.29, 1.82) is 0 Å². The minimum Gasteiger partial charge on any atom is -0.492 e. The maximum atomic E-state index is 13.5. The molecule has 13 heteroatoms. The molecule has 49 heavy (non-hydrogen) atoms. The van der Waals surface area contributed by atoms with Gasteiger partial charge < -0.3 is 24.5 Å². The molecule has 0 unspecified atom stereocenters. The van der Waals surface area contributed by atoms with E-state index in [0.717, 1.165) is 33.2 Å². The van der Waals surface area contributed by atoms with Crippen LogP contribution < -0.4 is 19.7 Å². The highest BCUT2D eigenvalue weighted by molar-refractivity contribution is 7.99. The number of fused-ring (bicyclic) bond motifs is 1. The predicted molar refractivity (Wildman–Crippen MR) is 208 cm³/mol. The van der Waals surface area contributed by atoms with Gasteiger partial charge >= 0.3 is 0 Å². The van der Waals surface area contributed by atoms with E-state index >= 15 is 0 Å². The Bertz CT molecular complexity index is 1880. The number of aldehydes is 1. The number of rotatable bonds is 11. The smallest absolute Gasteiger partial charge is 0.265 e. The van der Waals surface area contributed by atoms with Crippen LogP contribution in [0.15, 0.2) is 82.6 Å². The number of pyridine rings is 1. The van der Waals surface area contributed by atoms with Crippen LogP contribution in [0.4, 0.5) is 17.1 Å². The van der Waals surface area contributed by atoms with Crippen molar-refractivity contribution in [2.45, 2.75) is 39.5 Å². The summed E-state index contributed by atoms with van der Waals surface area (Å²) in [6, 6.07) is 14.9. The molecule has 0 fully saturated rings. The predicted octanol–water partition coefficient (Wildman–Crippen LogP) is 9.32. The second kappa shape index (κ2) is 18.0. The number of allylic oxidation sites excluding steroid dienone is 2. The normalized spacial score (nSPS) is 11.7. The van der Waals surface area contributed by atoms with Gasteiger partial charge in [0.05, 0.1) is 33.7 Å². The molecule has 2 amide bonds. The quantitative estimate of drug-likeness (QED) is 0.0300. The first-order valence-corrected chi connectivity index (χ1v) is 17.7. The highest BCUT2D eigenvalue weighted by Gasteiger charge is 2.23. The maximum absolute atomic E-state index is 13.5. The number of anilines is 3. The Morgan fingerprint density at radius 3 is 2.45 bits per heavy atom. The number of benzene rings is 2. The highest BCUT2D eigenvalue weighted by Crippen LogP contribution is 2.42. The van der Waals surface area contributed by atoms with Crippen molar-refractivity contribution in [2.24, 2.45) is 4.99 Å². The molecule has 0 saturated heterocycles. The van der Waals surface area contributed by atoms with E-state index in [9.17, 15) is 14.4 Å². The third kappa shape index (κ3) is 10.9. The van der Waals surface area contributed by atoms with Gasteiger partial charge in [-0.1, -0.05) is 80.2 Å². The molecule has 2 aromatic carbocycles. The molecule has 0 aliphatic carbocycles. The summed E-state index contributed by atoms with van der Waals surface area (Å²) in [6.07, 6.45) is 7.90. The molecule has 258 valence electrons. The average Bonchev–Trinajstić information content (AvgIpc) is 3.53. The standard InChI is InChI=1S/C29H33ClN4O3S2.C7H6ClNO/c1-17(12-13-24(30)31-5)27(35)32-20-11-9-10-18-14-23(39-26(18)20)28(36)33-21-15-19(29(2,3)4)16-22(25(21)37-7)34(6)38-8;8-7-2-1-6(3-4-10)5-9-7/h9-16H,5H2,1-4,6-8H3,(H,32,35)(H,33,36);1-2,4-5H,3H2/b17-12+,24-13-;. The van der Waals surface area contributed by atoms with Crippen molar-refractivity contribution in [3.8, 4) is 5.75 Å². The van der Waals surface area contributed by atoms with Gasteiger partial charge in [0.2, 0.25) is 0 Å². The Morgan fingerprint density at radius 2 is 1.86 bits per heavy atom. The number of halogens is 2. The first-order chi connectivity index (χ1) is 23.2. The molecule has 0 aliphatic heterocycles. The van der Waals surface area contributed by atoms with Crippen LogP contribution in [0.1, 0.15) is 48.5 Å². The van der Waals surface area contributed by atoms with E-state index in [1.54, 1.807) is 56.5 Å². The fourth-order valence-corrected chi connectivity index (χ4v) is 5.84. The lowest BCUT2D eigenvalue weighted by atomic mass is 9.86. The van der Waals surface area contributed by atoms with Crippen LogP contribution in [0.5, 0.6) is 5.75 Å². The summed E-state index contributed by atoms with van der Waals surface area (Å²) in [4.78, 5) is 44.1. The van der Waals surface area contributed by atoms with Crippen molar-refractivity contribution in [2.75, 3.05) is 35.4 Å². The third-order valence-electron chi connectivity index (χ3n) is 7.10. The average molecular weight is 741 g/mol. The Hall–Kier alpha value is -4.16. The zero-order valence-corrected chi connectivity index (χ0v) is 31.5. The van der Waals surface area contributed by atoms with Crippen molar-refractivity contribution in [1.82, 2.24) is 4.98 Å². The summed E-state index contributed by atoms with van der Waals surface area (Å²) in [5.74, 6) is 0.0366. The molecular weight excluding hydrogens is 701 g/mol. The number of thiophene rings is 1. The second-order valence-corrected chi connectivity index (χ2v) is 14.3. The number of nitrogens with one attached hydrogen (secondary N) is 2. The van der Waals surface area contributed by atoms with Crippen LogP contribution in [-0.4, -0.2) is 50.2 Å². The lowest BCUT2D eigenvalue weighted by molar-refractivity contribution is -0.112. The minimum atomic E-state index is -0.291. The molecule has 0 spiro atoms. The number of hydrogen-bond donors (Lipinski definition) is 2. The van der Waals surface area contributed by atoms with Gasteiger partial charge in [-0.05, 0) is 72.0 Å². The van der Waals surface area contributed by atoms with Crippen LogP contribution in [0, 0.1) is 0 Å². The molecule has 2 heterocycles. The molecule has 4 aromatic rings. The van der Waals surface area contributed by atoms with Gasteiger partial charge in [-0.25, -0.2) is 4.98 Å². The molecule has 0 saturated carbocycles. The van der Waals surface area contributed by atoms with Crippen molar-refractivity contribution in [3.05, 3.63) is 98.8 Å². The van der Waals surface area contributed by atoms with Crippen LogP contribution in [0.3, 0.4) is 0 Å². The van der Waals surface area contributed by atoms with E-state index in [1.165, 1.54) is 17.4 Å². The minimum absolute atomic E-state index is 0.139. The van der Waals surface area contributed by atoms with Gasteiger partial charge in [0.25, 0.3) is 11.8 Å². The van der Waals surface area contributed by atoms with Crippen molar-refractivity contribution < 1.29 is 19.1 Å². The summed E-state index contributed by atoms with van der Waals surface area (Å²) in [6.45, 7) is 11.4. The molecule has 4 rings (SSSR count). The second-order valence-electron chi connectivity index (χ2n) is 11.6. The Balaban J connectivity index is 0.000000555. The number of carbonyl (C=O) groups is 3. The van der Waals surface area contributed by atoms with E-state index in [4.69, 9.17) is 27.9 Å². The summed E-state index contributed by atoms with van der Waals surface area (Å²) in [7, 11) is 3.56. The molecule has 2 aromatic heterocycles. The third-order valence-corrected chi connectivity index (χ3v) is 9.50. The monoisotopic (exact) mass is 739 g/mol. The molecular formula is C36H39Cl2N5O4S2. The largest absolute Gasteiger partial charge is 0.492 e. The number of aliphatic imine (C=N–C) groups is 1. The van der Waals surface area contributed by atoms with Gasteiger partial charge in [0.15, 0.2) is 5.75 Å². The van der Waals surface area contributed by atoms with E-state index in [2.05, 4.69) is 54.2 Å². The summed E-state index contributed by atoms with van der Waals surface area (Å²) < 4.78 is 8.55. The first-order valence-electron chi connectivity index (χ1n) is 14.9. The molecule has 2 N–H and O–H groups in total. The molecule has 0 atom stereocenters. The fourth-order valence-electron chi connectivity index (χ4n) is 4.31. The Kier molecular flexibility index (Phi) is 14.4. The molecule has 0 bridgehead atoms. The highest BCUT2D eigenvalue weighted by atomic mass is 35.5. The molecule has 9 nitrogen and oxygen atoms in total. The summed E-state index contributed by atoms with van der Waals surface area (Å²) in [5.41, 5.74) is 4.34. The number of carbonyl (C=O) groups excluding carboxylic acids is 3. The number of methoxy groups -OCH3 is 1. The molecule has 0 aliphatic rings. The van der Waals surface area contributed by atoms with Crippen LogP contribution in [0.2, 0.25) is 5.15 Å². The number of amides is 2. The Labute approximate surface area is 305 Å². The SMILES string of the molecule is C=N/C(Cl)=C\C=C(/C)C(=O)Nc1cccc2cc(C(=O)Nc3cc(C(C)(C)C)cc(N(C)SC)c3OC)sc12.O=CCc1ccc(Cl)nc1. The summed E-state index contributed by atoms with van der Waals surface area (Å²) in [5, 5.41) is 7.48. The van der Waals surface area contributed by atoms with Gasteiger partial charge in [-0.15, -0.1) is 11.3 Å². The maximum Gasteiger partial charge on any atom is 0.265 e. The number of ether oxygens (including phenoxy) is 1. The van der Waals surface area contributed by atoms with Crippen LogP contribution in [0.25, 0.3) is 10.1 Å².